The molecule has 1 rings (SSSR count). The Kier molecular flexibility index (Phi) is 3.24. The number of aromatic amines is 1. The van der Waals surface area contributed by atoms with Gasteiger partial charge in [0.2, 0.25) is 0 Å². The topological polar surface area (TPSA) is 71.5 Å². The molecule has 0 saturated heterocycles. The third-order valence-electron chi connectivity index (χ3n) is 0.796. The van der Waals surface area contributed by atoms with Crippen molar-refractivity contribution in [3.63, 3.8) is 0 Å². The molecule has 0 saturated carbocycles. The van der Waals surface area contributed by atoms with Crippen molar-refractivity contribution in [3.05, 3.63) is 5.82 Å². The molecule has 0 amide bonds. The molecule has 0 aliphatic carbocycles. The predicted octanol–water partition coefficient (Wildman–Crippen LogP) is -0.0327. The minimum absolute atomic E-state index is 0. The largest absolute Gasteiger partial charge is 0.300 e. The first-order chi connectivity index (χ1) is 4.29. The average molecular weight is 142 g/mol. The van der Waals surface area contributed by atoms with Crippen LogP contribution in [0.3, 0.4) is 0 Å². The molecule has 1 aromatic heterocycles. The number of nitrogens with one attached hydrogen (secondary N) is 1. The molecule has 0 fully saturated rings. The van der Waals surface area contributed by atoms with E-state index in [4.69, 9.17) is 0 Å². The van der Waals surface area contributed by atoms with Crippen molar-refractivity contribution >= 4 is 5.78 Å². The van der Waals surface area contributed by atoms with Crippen LogP contribution >= 0.6 is 0 Å². The summed E-state index contributed by atoms with van der Waals surface area (Å²) in [7, 11) is 0. The van der Waals surface area contributed by atoms with E-state index in [0.29, 0.717) is 5.82 Å². The Morgan fingerprint density at radius 1 is 1.70 bits per heavy atom. The lowest BCUT2D eigenvalue weighted by Crippen LogP contribution is -1.97. The standard InChI is InChI=1S/C4H6N4O.CH4/c1-3(9)2-4-5-7-8-6-4;/h2H2,1H3,(H,5,6,7,8);1H4. The van der Waals surface area contributed by atoms with Crippen LogP contribution in [0.25, 0.3) is 0 Å². The zero-order valence-electron chi connectivity index (χ0n) is 4.96. The van der Waals surface area contributed by atoms with Gasteiger partial charge in [0, 0.05) is 0 Å². The van der Waals surface area contributed by atoms with Crippen LogP contribution in [0, 0.1) is 0 Å². The van der Waals surface area contributed by atoms with Crippen LogP contribution in [0.1, 0.15) is 20.2 Å². The maximum absolute atomic E-state index is 10.4. The van der Waals surface area contributed by atoms with Crippen molar-refractivity contribution in [3.8, 4) is 0 Å². The summed E-state index contributed by atoms with van der Waals surface area (Å²) in [6.45, 7) is 1.48. The number of aromatic nitrogens is 4. The van der Waals surface area contributed by atoms with Crippen LogP contribution in [-0.2, 0) is 11.2 Å². The number of rotatable bonds is 2. The summed E-state index contributed by atoms with van der Waals surface area (Å²) in [5.74, 6) is 0.485. The van der Waals surface area contributed by atoms with Crippen molar-refractivity contribution in [1.82, 2.24) is 20.6 Å². The van der Waals surface area contributed by atoms with Gasteiger partial charge in [0.1, 0.15) is 5.78 Å². The molecule has 0 atom stereocenters. The fourth-order valence-corrected chi connectivity index (χ4v) is 0.480. The van der Waals surface area contributed by atoms with Crippen molar-refractivity contribution < 1.29 is 4.79 Å². The molecule has 0 aromatic carbocycles. The van der Waals surface area contributed by atoms with Crippen LogP contribution in [0.4, 0.5) is 0 Å². The van der Waals surface area contributed by atoms with Gasteiger partial charge in [-0.05, 0) is 6.92 Å². The molecule has 56 valence electrons. The van der Waals surface area contributed by atoms with Crippen molar-refractivity contribution in [2.75, 3.05) is 0 Å². The van der Waals surface area contributed by atoms with E-state index in [2.05, 4.69) is 20.6 Å². The number of hydrogen-bond donors (Lipinski definition) is 1. The lowest BCUT2D eigenvalue weighted by molar-refractivity contribution is -0.116. The van der Waals surface area contributed by atoms with E-state index in [-0.39, 0.29) is 19.6 Å². The number of nitrogens with zero attached hydrogens (tertiary/aromatic N) is 3. The lowest BCUT2D eigenvalue weighted by Gasteiger charge is -1.81. The zero-order valence-corrected chi connectivity index (χ0v) is 4.96. The normalized spacial score (nSPS) is 8.50. The third kappa shape index (κ3) is 2.34. The van der Waals surface area contributed by atoms with Gasteiger partial charge < -0.3 is 0 Å². The highest BCUT2D eigenvalue weighted by molar-refractivity contribution is 5.77. The van der Waals surface area contributed by atoms with Crippen molar-refractivity contribution in [2.24, 2.45) is 0 Å². The number of hydrogen-bond acceptors (Lipinski definition) is 4. The van der Waals surface area contributed by atoms with Gasteiger partial charge in [-0.2, -0.15) is 5.21 Å². The van der Waals surface area contributed by atoms with Gasteiger partial charge in [-0.3, -0.25) is 4.79 Å². The first-order valence-electron chi connectivity index (χ1n) is 2.51. The smallest absolute Gasteiger partial charge is 0.181 e. The maximum atomic E-state index is 10.4. The summed E-state index contributed by atoms with van der Waals surface area (Å²) in [6, 6.07) is 0. The number of ketones is 1. The second-order valence-corrected chi connectivity index (χ2v) is 1.71. The van der Waals surface area contributed by atoms with Crippen LogP contribution in [-0.4, -0.2) is 26.4 Å². The van der Waals surface area contributed by atoms with Gasteiger partial charge in [0.25, 0.3) is 0 Å². The predicted molar refractivity (Wildman–Crippen MR) is 35.3 cm³/mol. The molecule has 0 bridgehead atoms. The summed E-state index contributed by atoms with van der Waals surface area (Å²) >= 11 is 0. The summed E-state index contributed by atoms with van der Waals surface area (Å²) in [5, 5.41) is 12.7. The fraction of sp³-hybridized carbons (Fsp3) is 0.600. The molecule has 0 aliphatic heterocycles. The second-order valence-electron chi connectivity index (χ2n) is 1.71. The van der Waals surface area contributed by atoms with Gasteiger partial charge in [0.15, 0.2) is 5.82 Å². The molecule has 5 nitrogen and oxygen atoms in total. The molecule has 1 aromatic rings. The van der Waals surface area contributed by atoms with Crippen LogP contribution in [0.2, 0.25) is 0 Å². The molecule has 0 radical (unpaired) electrons. The highest BCUT2D eigenvalue weighted by atomic mass is 16.1. The fourth-order valence-electron chi connectivity index (χ4n) is 0.480. The SMILES string of the molecule is C.CC(=O)Cc1nn[nH]n1. The molecule has 5 heteroatoms. The van der Waals surface area contributed by atoms with E-state index in [1.807, 2.05) is 0 Å². The summed E-state index contributed by atoms with van der Waals surface area (Å²) < 4.78 is 0. The third-order valence-corrected chi connectivity index (χ3v) is 0.796. The quantitative estimate of drug-likeness (QED) is 0.629. The Bertz CT molecular complexity index is 193. The Labute approximate surface area is 58.8 Å². The Hall–Kier alpha value is -1.26. The zero-order chi connectivity index (χ0) is 6.69. The monoisotopic (exact) mass is 142 g/mol. The lowest BCUT2D eigenvalue weighted by atomic mass is 10.3. The van der Waals surface area contributed by atoms with E-state index >= 15 is 0 Å². The van der Waals surface area contributed by atoms with Crippen molar-refractivity contribution in [1.29, 1.82) is 0 Å². The summed E-state index contributed by atoms with van der Waals surface area (Å²) in [5.41, 5.74) is 0. The number of carbonyl (C=O) groups excluding carboxylic acids is 1. The summed E-state index contributed by atoms with van der Waals surface area (Å²) in [6.07, 6.45) is 0.260. The van der Waals surface area contributed by atoms with E-state index in [0.717, 1.165) is 0 Å². The van der Waals surface area contributed by atoms with Gasteiger partial charge in [-0.25, -0.2) is 0 Å². The number of Topliss-reactive ketones (excluding diaryl/α,β-unsaturated/α-hetero) is 1. The number of carbonyl (C=O) groups is 1. The van der Waals surface area contributed by atoms with E-state index in [1.54, 1.807) is 0 Å². The molecule has 10 heavy (non-hydrogen) atoms. The van der Waals surface area contributed by atoms with E-state index in [9.17, 15) is 4.79 Å². The molecule has 1 N–H and O–H groups in total. The minimum atomic E-state index is 0. The Balaban J connectivity index is 0.000000810. The second kappa shape index (κ2) is 3.71. The van der Waals surface area contributed by atoms with Crippen molar-refractivity contribution in [2.45, 2.75) is 20.8 Å². The van der Waals surface area contributed by atoms with Gasteiger partial charge in [-0.15, -0.1) is 10.2 Å². The Morgan fingerprint density at radius 2 is 2.40 bits per heavy atom. The molecular weight excluding hydrogens is 132 g/mol. The molecule has 0 unspecified atom stereocenters. The van der Waals surface area contributed by atoms with E-state index < -0.39 is 0 Å². The number of H-pyrrole nitrogens is 1. The molecule has 0 aliphatic rings. The molecule has 1 heterocycles. The first-order valence-corrected chi connectivity index (χ1v) is 2.51. The summed E-state index contributed by atoms with van der Waals surface area (Å²) in [4.78, 5) is 10.4. The van der Waals surface area contributed by atoms with Gasteiger partial charge in [-0.1, -0.05) is 12.6 Å². The van der Waals surface area contributed by atoms with Gasteiger partial charge in [0.05, 0.1) is 6.42 Å². The minimum Gasteiger partial charge on any atom is -0.300 e. The highest BCUT2D eigenvalue weighted by Crippen LogP contribution is 1.84. The van der Waals surface area contributed by atoms with E-state index in [1.165, 1.54) is 6.92 Å². The van der Waals surface area contributed by atoms with Gasteiger partial charge >= 0.3 is 0 Å². The average Bonchev–Trinajstić information content (AvgIpc) is 2.15. The van der Waals surface area contributed by atoms with Crippen LogP contribution < -0.4 is 0 Å². The van der Waals surface area contributed by atoms with Crippen LogP contribution in [0.15, 0.2) is 0 Å². The molecular formula is C5H10N4O. The number of tetrazole rings is 1. The Morgan fingerprint density at radius 3 is 2.80 bits per heavy atom. The maximum Gasteiger partial charge on any atom is 0.181 e. The van der Waals surface area contributed by atoms with Crippen LogP contribution in [0.5, 0.6) is 0 Å². The first kappa shape index (κ1) is 8.74. The highest BCUT2D eigenvalue weighted by Gasteiger charge is 1.99. The molecule has 0 spiro atoms.